The van der Waals surface area contributed by atoms with Crippen molar-refractivity contribution in [3.8, 4) is 0 Å². The first-order valence-corrected chi connectivity index (χ1v) is 4.98. The molecule has 0 aliphatic carbocycles. The molecule has 0 aliphatic heterocycles. The van der Waals surface area contributed by atoms with Crippen LogP contribution in [0.5, 0.6) is 0 Å². The number of halogens is 1. The van der Waals surface area contributed by atoms with Gasteiger partial charge in [0.15, 0.2) is 0 Å². The molecular weight excluding hydrogens is 207 g/mol. The van der Waals surface area contributed by atoms with Crippen molar-refractivity contribution in [2.45, 2.75) is 13.0 Å². The number of hydrogen-bond donors (Lipinski definition) is 2. The Labute approximate surface area is 93.0 Å². The van der Waals surface area contributed by atoms with Crippen LogP contribution in [0, 0.1) is 12.7 Å². The lowest BCUT2D eigenvalue weighted by atomic mass is 9.99. The fourth-order valence-electron chi connectivity index (χ4n) is 1.75. The van der Waals surface area contributed by atoms with Crippen LogP contribution in [0.1, 0.15) is 22.9 Å². The molecule has 1 aromatic carbocycles. The Bertz CT molecular complexity index is 481. The third-order valence-corrected chi connectivity index (χ3v) is 2.59. The summed E-state index contributed by atoms with van der Waals surface area (Å²) >= 11 is 0. The van der Waals surface area contributed by atoms with Gasteiger partial charge in [-0.05, 0) is 19.1 Å². The quantitative estimate of drug-likeness (QED) is 0.616. The second kappa shape index (κ2) is 4.47. The van der Waals surface area contributed by atoms with E-state index in [0.29, 0.717) is 5.56 Å². The maximum atomic E-state index is 13.6. The Morgan fingerprint density at radius 1 is 1.25 bits per heavy atom. The molecule has 0 amide bonds. The van der Waals surface area contributed by atoms with Crippen molar-refractivity contribution >= 4 is 0 Å². The number of nitrogens with one attached hydrogen (secondary N) is 1. The normalized spacial score (nSPS) is 12.7. The standard InChI is InChI=1S/C12H13FN2O/c1-8-9(6-7-16-8)12(15-14)10-4-2-3-5-11(10)13/h2-7,12,15H,14H2,1H3. The maximum Gasteiger partial charge on any atom is 0.128 e. The number of nitrogens with two attached hydrogens (primary N) is 1. The minimum atomic E-state index is -0.389. The lowest BCUT2D eigenvalue weighted by molar-refractivity contribution is 0.513. The van der Waals surface area contributed by atoms with Crippen LogP contribution in [0.25, 0.3) is 0 Å². The van der Waals surface area contributed by atoms with Crippen molar-refractivity contribution in [1.29, 1.82) is 0 Å². The van der Waals surface area contributed by atoms with E-state index in [4.69, 9.17) is 10.3 Å². The molecule has 84 valence electrons. The Balaban J connectivity index is 2.45. The Morgan fingerprint density at radius 2 is 2.00 bits per heavy atom. The summed E-state index contributed by atoms with van der Waals surface area (Å²) < 4.78 is 18.8. The lowest BCUT2D eigenvalue weighted by Gasteiger charge is -2.16. The average Bonchev–Trinajstić information content (AvgIpc) is 2.69. The van der Waals surface area contributed by atoms with Crippen LogP contribution in [0.4, 0.5) is 4.39 Å². The van der Waals surface area contributed by atoms with Gasteiger partial charge >= 0.3 is 0 Å². The Morgan fingerprint density at radius 3 is 2.56 bits per heavy atom. The largest absolute Gasteiger partial charge is 0.469 e. The van der Waals surface area contributed by atoms with E-state index in [-0.39, 0.29) is 11.9 Å². The van der Waals surface area contributed by atoms with Gasteiger partial charge in [0.1, 0.15) is 11.6 Å². The van der Waals surface area contributed by atoms with Crippen LogP contribution in [0.2, 0.25) is 0 Å². The third-order valence-electron chi connectivity index (χ3n) is 2.59. The summed E-state index contributed by atoms with van der Waals surface area (Å²) in [6.45, 7) is 1.82. The van der Waals surface area contributed by atoms with Crippen LogP contribution in [-0.2, 0) is 0 Å². The van der Waals surface area contributed by atoms with Gasteiger partial charge in [0.05, 0.1) is 12.3 Å². The van der Waals surface area contributed by atoms with Gasteiger partial charge in [0.2, 0.25) is 0 Å². The summed E-state index contributed by atoms with van der Waals surface area (Å²) in [5.41, 5.74) is 3.95. The van der Waals surface area contributed by atoms with Crippen molar-refractivity contribution in [1.82, 2.24) is 5.43 Å². The molecule has 2 aromatic rings. The number of benzene rings is 1. The molecule has 4 heteroatoms. The summed E-state index contributed by atoms with van der Waals surface area (Å²) in [6.07, 6.45) is 1.57. The molecule has 3 N–H and O–H groups in total. The minimum absolute atomic E-state index is 0.286. The monoisotopic (exact) mass is 220 g/mol. The van der Waals surface area contributed by atoms with Gasteiger partial charge in [0.25, 0.3) is 0 Å². The van der Waals surface area contributed by atoms with Gasteiger partial charge in [-0.2, -0.15) is 0 Å². The highest BCUT2D eigenvalue weighted by molar-refractivity contribution is 5.33. The molecule has 0 spiro atoms. The first kappa shape index (κ1) is 10.9. The predicted octanol–water partition coefficient (Wildman–Crippen LogP) is 2.28. The number of hydrazine groups is 1. The van der Waals surface area contributed by atoms with Crippen molar-refractivity contribution < 1.29 is 8.81 Å². The molecule has 3 nitrogen and oxygen atoms in total. The van der Waals surface area contributed by atoms with Crippen LogP contribution in [-0.4, -0.2) is 0 Å². The van der Waals surface area contributed by atoms with Gasteiger partial charge < -0.3 is 4.42 Å². The molecule has 0 saturated carbocycles. The van der Waals surface area contributed by atoms with E-state index in [1.807, 2.05) is 6.92 Å². The third kappa shape index (κ3) is 1.85. The number of furan rings is 1. The fraction of sp³-hybridized carbons (Fsp3) is 0.167. The molecule has 0 saturated heterocycles. The van der Waals surface area contributed by atoms with E-state index in [1.165, 1.54) is 6.07 Å². The van der Waals surface area contributed by atoms with Gasteiger partial charge in [-0.15, -0.1) is 0 Å². The highest BCUT2D eigenvalue weighted by atomic mass is 19.1. The lowest BCUT2D eigenvalue weighted by Crippen LogP contribution is -2.29. The fourth-order valence-corrected chi connectivity index (χ4v) is 1.75. The Kier molecular flexibility index (Phi) is 3.03. The summed E-state index contributed by atoms with van der Waals surface area (Å²) in [4.78, 5) is 0. The van der Waals surface area contributed by atoms with Gasteiger partial charge in [0, 0.05) is 11.1 Å². The molecule has 2 rings (SSSR count). The second-order valence-corrected chi connectivity index (χ2v) is 3.55. The zero-order valence-corrected chi connectivity index (χ0v) is 8.91. The molecular formula is C12H13FN2O. The van der Waals surface area contributed by atoms with Crippen molar-refractivity contribution in [3.05, 3.63) is 59.3 Å². The average molecular weight is 220 g/mol. The summed E-state index contributed by atoms with van der Waals surface area (Å²) in [5.74, 6) is 5.92. The smallest absolute Gasteiger partial charge is 0.128 e. The van der Waals surface area contributed by atoms with E-state index < -0.39 is 0 Å². The van der Waals surface area contributed by atoms with E-state index >= 15 is 0 Å². The van der Waals surface area contributed by atoms with Crippen LogP contribution in [0.15, 0.2) is 41.0 Å². The van der Waals surface area contributed by atoms with E-state index in [9.17, 15) is 4.39 Å². The highest BCUT2D eigenvalue weighted by Gasteiger charge is 2.19. The van der Waals surface area contributed by atoms with Crippen LogP contribution < -0.4 is 11.3 Å². The second-order valence-electron chi connectivity index (χ2n) is 3.55. The van der Waals surface area contributed by atoms with E-state index in [0.717, 1.165) is 11.3 Å². The molecule has 0 aliphatic rings. The maximum absolute atomic E-state index is 13.6. The molecule has 1 aromatic heterocycles. The molecule has 1 heterocycles. The van der Waals surface area contributed by atoms with Crippen molar-refractivity contribution in [2.75, 3.05) is 0 Å². The minimum Gasteiger partial charge on any atom is -0.469 e. The number of aryl methyl sites for hydroxylation is 1. The SMILES string of the molecule is Cc1occc1C(NN)c1ccccc1F. The topological polar surface area (TPSA) is 51.2 Å². The van der Waals surface area contributed by atoms with E-state index in [1.54, 1.807) is 30.5 Å². The first-order chi connectivity index (χ1) is 7.74. The summed E-state index contributed by atoms with van der Waals surface area (Å²) in [6, 6.07) is 7.93. The van der Waals surface area contributed by atoms with Gasteiger partial charge in [-0.25, -0.2) is 9.82 Å². The number of rotatable bonds is 3. The first-order valence-electron chi connectivity index (χ1n) is 4.98. The summed E-state index contributed by atoms with van der Waals surface area (Å²) in [5, 5.41) is 0. The zero-order valence-electron chi connectivity index (χ0n) is 8.91. The molecule has 1 unspecified atom stereocenters. The molecule has 1 atom stereocenters. The molecule has 0 bridgehead atoms. The van der Waals surface area contributed by atoms with Crippen LogP contribution >= 0.6 is 0 Å². The van der Waals surface area contributed by atoms with E-state index in [2.05, 4.69) is 5.43 Å². The summed E-state index contributed by atoms with van der Waals surface area (Å²) in [7, 11) is 0. The van der Waals surface area contributed by atoms with Gasteiger partial charge in [-0.3, -0.25) is 5.84 Å². The molecule has 0 fully saturated rings. The van der Waals surface area contributed by atoms with Crippen LogP contribution in [0.3, 0.4) is 0 Å². The van der Waals surface area contributed by atoms with Gasteiger partial charge in [-0.1, -0.05) is 18.2 Å². The predicted molar refractivity (Wildman–Crippen MR) is 59.0 cm³/mol. The van der Waals surface area contributed by atoms with Crippen molar-refractivity contribution in [2.24, 2.45) is 5.84 Å². The Hall–Kier alpha value is -1.65. The zero-order chi connectivity index (χ0) is 11.5. The van der Waals surface area contributed by atoms with Crippen molar-refractivity contribution in [3.63, 3.8) is 0 Å². The molecule has 0 radical (unpaired) electrons. The molecule has 16 heavy (non-hydrogen) atoms. The number of hydrogen-bond acceptors (Lipinski definition) is 3. The highest BCUT2D eigenvalue weighted by Crippen LogP contribution is 2.26.